The number of furan rings is 1. The van der Waals surface area contributed by atoms with E-state index >= 15 is 0 Å². The third kappa shape index (κ3) is 2.93. The zero-order valence-corrected chi connectivity index (χ0v) is 12.2. The van der Waals surface area contributed by atoms with Gasteiger partial charge in [-0.15, -0.1) is 11.3 Å². The van der Waals surface area contributed by atoms with Crippen LogP contribution in [-0.2, 0) is 0 Å². The maximum absolute atomic E-state index is 9.28. The van der Waals surface area contributed by atoms with Crippen molar-refractivity contribution in [3.05, 3.63) is 64.3 Å². The Hall–Kier alpha value is -2.64. The highest BCUT2D eigenvalue weighted by Crippen LogP contribution is 2.26. The molecule has 1 aromatic carbocycles. The molecule has 0 unspecified atom stereocenters. The van der Waals surface area contributed by atoms with E-state index in [4.69, 9.17) is 4.42 Å². The highest BCUT2D eigenvalue weighted by atomic mass is 32.1. The van der Waals surface area contributed by atoms with Crippen molar-refractivity contribution < 1.29 is 4.42 Å². The molecule has 0 N–H and O–H groups in total. The Morgan fingerprint density at radius 1 is 1.24 bits per heavy atom. The quantitative estimate of drug-likeness (QED) is 0.653. The number of thiazole rings is 1. The molecule has 3 rings (SSSR count). The number of aryl methyl sites for hydroxylation is 1. The summed E-state index contributed by atoms with van der Waals surface area (Å²) in [6.07, 6.45) is 1.73. The van der Waals surface area contributed by atoms with Crippen LogP contribution in [-0.4, -0.2) is 4.98 Å². The third-order valence-electron chi connectivity index (χ3n) is 2.94. The van der Waals surface area contributed by atoms with Crippen LogP contribution in [0.5, 0.6) is 0 Å². The molecule has 0 atom stereocenters. The number of allylic oxidation sites excluding steroid dienone is 1. The largest absolute Gasteiger partial charge is 0.457 e. The lowest BCUT2D eigenvalue weighted by Gasteiger charge is -1.95. The molecule has 2 aromatic heterocycles. The van der Waals surface area contributed by atoms with Crippen molar-refractivity contribution >= 4 is 23.0 Å². The maximum atomic E-state index is 9.28. The minimum Gasteiger partial charge on any atom is -0.457 e. The molecule has 0 saturated heterocycles. The molecule has 0 spiro atoms. The van der Waals surface area contributed by atoms with Gasteiger partial charge in [-0.05, 0) is 19.1 Å². The monoisotopic (exact) mass is 292 g/mol. The first-order chi connectivity index (χ1) is 10.3. The predicted molar refractivity (Wildman–Crippen MR) is 84.5 cm³/mol. The topological polar surface area (TPSA) is 49.8 Å². The molecule has 2 heterocycles. The summed E-state index contributed by atoms with van der Waals surface area (Å²) in [6.45, 7) is 1.91. The second kappa shape index (κ2) is 5.78. The zero-order chi connectivity index (χ0) is 14.7. The van der Waals surface area contributed by atoms with Gasteiger partial charge in [-0.1, -0.05) is 30.3 Å². The van der Waals surface area contributed by atoms with E-state index in [1.807, 2.05) is 54.8 Å². The minimum absolute atomic E-state index is 0.516. The predicted octanol–water partition coefficient (Wildman–Crippen LogP) is 4.78. The summed E-state index contributed by atoms with van der Waals surface area (Å²) >= 11 is 1.46. The van der Waals surface area contributed by atoms with Crippen molar-refractivity contribution in [1.82, 2.24) is 4.98 Å². The zero-order valence-electron chi connectivity index (χ0n) is 11.4. The van der Waals surface area contributed by atoms with Crippen LogP contribution >= 0.6 is 11.3 Å². The summed E-state index contributed by atoms with van der Waals surface area (Å²) < 4.78 is 5.78. The van der Waals surface area contributed by atoms with Crippen molar-refractivity contribution in [2.45, 2.75) is 6.92 Å². The molecule has 102 valence electrons. The average molecular weight is 292 g/mol. The first-order valence-electron chi connectivity index (χ1n) is 6.46. The van der Waals surface area contributed by atoms with Gasteiger partial charge in [-0.3, -0.25) is 0 Å². The molecule has 0 amide bonds. The van der Waals surface area contributed by atoms with Crippen molar-refractivity contribution in [3.8, 4) is 17.4 Å². The summed E-state index contributed by atoms with van der Waals surface area (Å²) in [6, 6.07) is 15.8. The Balaban J connectivity index is 1.93. The SMILES string of the molecule is Cc1csc(/C(C#N)=C/c2ccc(-c3ccccc3)o2)n1. The fourth-order valence-corrected chi connectivity index (χ4v) is 2.71. The van der Waals surface area contributed by atoms with Crippen molar-refractivity contribution in [2.75, 3.05) is 0 Å². The number of hydrogen-bond donors (Lipinski definition) is 0. The summed E-state index contributed by atoms with van der Waals surface area (Å²) in [4.78, 5) is 4.33. The minimum atomic E-state index is 0.516. The van der Waals surface area contributed by atoms with Crippen molar-refractivity contribution in [3.63, 3.8) is 0 Å². The summed E-state index contributed by atoms with van der Waals surface area (Å²) in [7, 11) is 0. The average Bonchev–Trinajstić information content (AvgIpc) is 3.15. The lowest BCUT2D eigenvalue weighted by molar-refractivity contribution is 0.572. The molecule has 0 fully saturated rings. The van der Waals surface area contributed by atoms with E-state index in [9.17, 15) is 5.26 Å². The second-order valence-corrected chi connectivity index (χ2v) is 5.39. The van der Waals surface area contributed by atoms with Crippen LogP contribution in [0.4, 0.5) is 0 Å². The van der Waals surface area contributed by atoms with E-state index < -0.39 is 0 Å². The number of nitriles is 1. The van der Waals surface area contributed by atoms with E-state index in [1.165, 1.54) is 11.3 Å². The molecule has 0 aliphatic rings. The number of rotatable bonds is 3. The smallest absolute Gasteiger partial charge is 0.134 e. The molecule has 3 aromatic rings. The van der Waals surface area contributed by atoms with Gasteiger partial charge < -0.3 is 4.42 Å². The first kappa shape index (κ1) is 13.3. The van der Waals surface area contributed by atoms with Crippen molar-refractivity contribution in [2.24, 2.45) is 0 Å². The Labute approximate surface area is 126 Å². The molecule has 4 heteroatoms. The van der Waals surface area contributed by atoms with E-state index in [2.05, 4.69) is 11.1 Å². The molecule has 0 bridgehead atoms. The van der Waals surface area contributed by atoms with E-state index in [-0.39, 0.29) is 0 Å². The van der Waals surface area contributed by atoms with Gasteiger partial charge in [0.2, 0.25) is 0 Å². The Morgan fingerprint density at radius 3 is 2.71 bits per heavy atom. The van der Waals surface area contributed by atoms with Crippen LogP contribution in [0.2, 0.25) is 0 Å². The van der Waals surface area contributed by atoms with Crippen LogP contribution in [0.1, 0.15) is 16.5 Å². The van der Waals surface area contributed by atoms with Gasteiger partial charge in [0.05, 0.1) is 5.57 Å². The first-order valence-corrected chi connectivity index (χ1v) is 7.34. The molecule has 21 heavy (non-hydrogen) atoms. The number of aromatic nitrogens is 1. The second-order valence-electron chi connectivity index (χ2n) is 4.53. The van der Waals surface area contributed by atoms with Crippen LogP contribution < -0.4 is 0 Å². The molecule has 0 aliphatic heterocycles. The van der Waals surface area contributed by atoms with Gasteiger partial charge in [0.1, 0.15) is 22.6 Å². The van der Waals surface area contributed by atoms with Gasteiger partial charge in [-0.25, -0.2) is 4.98 Å². The normalized spacial score (nSPS) is 11.3. The van der Waals surface area contributed by atoms with Crippen LogP contribution in [0.25, 0.3) is 23.0 Å². The van der Waals surface area contributed by atoms with Gasteiger partial charge in [-0.2, -0.15) is 5.26 Å². The maximum Gasteiger partial charge on any atom is 0.134 e. The van der Waals surface area contributed by atoms with Gasteiger partial charge in [0.25, 0.3) is 0 Å². The molecular weight excluding hydrogens is 280 g/mol. The lowest BCUT2D eigenvalue weighted by atomic mass is 10.2. The third-order valence-corrected chi connectivity index (χ3v) is 3.93. The van der Waals surface area contributed by atoms with Gasteiger partial charge in [0.15, 0.2) is 0 Å². The van der Waals surface area contributed by atoms with Crippen LogP contribution in [0.3, 0.4) is 0 Å². The van der Waals surface area contributed by atoms with E-state index in [1.54, 1.807) is 6.08 Å². The summed E-state index contributed by atoms with van der Waals surface area (Å²) in [5.74, 6) is 1.44. The highest BCUT2D eigenvalue weighted by Gasteiger charge is 2.08. The lowest BCUT2D eigenvalue weighted by Crippen LogP contribution is -1.80. The Kier molecular flexibility index (Phi) is 3.67. The van der Waals surface area contributed by atoms with Crippen LogP contribution in [0, 0.1) is 18.3 Å². The summed E-state index contributed by atoms with van der Waals surface area (Å²) in [5, 5.41) is 11.9. The summed E-state index contributed by atoms with van der Waals surface area (Å²) in [5.41, 5.74) is 2.45. The standard InChI is InChI=1S/C17H12N2OS/c1-12-11-21-17(19-12)14(10-18)9-15-7-8-16(20-15)13-5-3-2-4-6-13/h2-9,11H,1H3/b14-9+. The number of benzene rings is 1. The molecular formula is C17H12N2OS. The molecule has 0 radical (unpaired) electrons. The molecule has 0 saturated carbocycles. The fraction of sp³-hybridized carbons (Fsp3) is 0.0588. The Morgan fingerprint density at radius 2 is 2.05 bits per heavy atom. The van der Waals surface area contributed by atoms with Gasteiger partial charge in [0, 0.05) is 22.7 Å². The highest BCUT2D eigenvalue weighted by molar-refractivity contribution is 7.11. The van der Waals surface area contributed by atoms with Crippen LogP contribution in [0.15, 0.2) is 52.3 Å². The molecule has 3 nitrogen and oxygen atoms in total. The molecule has 0 aliphatic carbocycles. The van der Waals surface area contributed by atoms with E-state index in [0.29, 0.717) is 16.3 Å². The fourth-order valence-electron chi connectivity index (χ4n) is 1.95. The Bertz CT molecular complexity index is 822. The number of nitrogens with zero attached hydrogens (tertiary/aromatic N) is 2. The van der Waals surface area contributed by atoms with Gasteiger partial charge >= 0.3 is 0 Å². The number of hydrogen-bond acceptors (Lipinski definition) is 4. The van der Waals surface area contributed by atoms with E-state index in [0.717, 1.165) is 17.0 Å². The van der Waals surface area contributed by atoms with Crippen molar-refractivity contribution in [1.29, 1.82) is 5.26 Å².